The predicted octanol–water partition coefficient (Wildman–Crippen LogP) is 4.78. The van der Waals surface area contributed by atoms with E-state index >= 15 is 0 Å². The molecule has 0 aromatic heterocycles. The van der Waals surface area contributed by atoms with E-state index in [4.69, 9.17) is 16.3 Å². The maximum Gasteiger partial charge on any atom is 0.490 e. The van der Waals surface area contributed by atoms with Crippen LogP contribution in [0.15, 0.2) is 24.3 Å². The van der Waals surface area contributed by atoms with Crippen molar-refractivity contribution in [1.82, 2.24) is 0 Å². The molecule has 0 aliphatic carbocycles. The van der Waals surface area contributed by atoms with Crippen LogP contribution >= 0.6 is 11.6 Å². The van der Waals surface area contributed by atoms with Crippen LogP contribution in [0.1, 0.15) is 20.8 Å². The number of ether oxygens (including phenoxy) is 1. The third-order valence-corrected chi connectivity index (χ3v) is 7.25. The van der Waals surface area contributed by atoms with Gasteiger partial charge in [-0.15, -0.1) is 0 Å². The van der Waals surface area contributed by atoms with E-state index in [1.165, 1.54) is 0 Å². The summed E-state index contributed by atoms with van der Waals surface area (Å²) < 4.78 is 42.4. The Kier molecular flexibility index (Phi) is 5.97. The van der Waals surface area contributed by atoms with Gasteiger partial charge in [-0.1, -0.05) is 62.8 Å². The molecule has 130 valence electrons. The van der Waals surface area contributed by atoms with Gasteiger partial charge < -0.3 is 4.74 Å². The van der Waals surface area contributed by atoms with Crippen LogP contribution in [-0.4, -0.2) is 26.3 Å². The van der Waals surface area contributed by atoms with E-state index in [-0.39, 0.29) is 0 Å². The highest BCUT2D eigenvalue weighted by molar-refractivity contribution is 6.90. The van der Waals surface area contributed by atoms with Crippen molar-refractivity contribution in [3.63, 3.8) is 0 Å². The summed E-state index contributed by atoms with van der Waals surface area (Å²) in [7, 11) is -2.14. The zero-order valence-corrected chi connectivity index (χ0v) is 15.7. The fourth-order valence-electron chi connectivity index (χ4n) is 2.21. The molecule has 23 heavy (non-hydrogen) atoms. The molecule has 2 nitrogen and oxygen atoms in total. The SMILES string of the molecule is CC(C)(C)C(C[Si](C)(C)c1cccc(Cl)c1)OC(=O)C(F)(F)F. The zero-order valence-electron chi connectivity index (χ0n) is 13.9. The first-order valence-electron chi connectivity index (χ1n) is 7.27. The first-order valence-corrected chi connectivity index (χ1v) is 10.9. The molecule has 1 atom stereocenters. The van der Waals surface area contributed by atoms with E-state index < -0.39 is 31.7 Å². The third-order valence-electron chi connectivity index (χ3n) is 3.75. The summed E-state index contributed by atoms with van der Waals surface area (Å²) in [5, 5.41) is 1.60. The molecule has 0 heterocycles. The van der Waals surface area contributed by atoms with Crippen molar-refractivity contribution >= 4 is 30.8 Å². The molecule has 1 aromatic rings. The monoisotopic (exact) mass is 366 g/mol. The highest BCUT2D eigenvalue weighted by atomic mass is 35.5. The van der Waals surface area contributed by atoms with Crippen LogP contribution in [-0.2, 0) is 9.53 Å². The van der Waals surface area contributed by atoms with Gasteiger partial charge in [0.15, 0.2) is 0 Å². The standard InChI is InChI=1S/C16H22ClF3O2Si/c1-15(2,3)13(22-14(21)16(18,19)20)10-23(4,5)12-8-6-7-11(17)9-12/h6-9,13H,10H2,1-5H3. The summed E-state index contributed by atoms with van der Waals surface area (Å²) in [5.41, 5.74) is -0.593. The van der Waals surface area contributed by atoms with Gasteiger partial charge in [0.25, 0.3) is 0 Å². The van der Waals surface area contributed by atoms with Gasteiger partial charge in [0.05, 0.1) is 8.07 Å². The van der Waals surface area contributed by atoms with E-state index in [1.807, 2.05) is 31.3 Å². The summed E-state index contributed by atoms with van der Waals surface area (Å²) in [6, 6.07) is 7.71. The fraction of sp³-hybridized carbons (Fsp3) is 0.562. The Labute approximate surface area is 141 Å². The van der Waals surface area contributed by atoms with Crippen molar-refractivity contribution in [2.24, 2.45) is 5.41 Å². The van der Waals surface area contributed by atoms with Crippen LogP contribution in [0.25, 0.3) is 0 Å². The van der Waals surface area contributed by atoms with Crippen molar-refractivity contribution < 1.29 is 22.7 Å². The Morgan fingerprint density at radius 3 is 2.26 bits per heavy atom. The van der Waals surface area contributed by atoms with Crippen LogP contribution in [0.2, 0.25) is 24.2 Å². The molecular formula is C16H22ClF3O2Si. The Balaban J connectivity index is 3.03. The summed E-state index contributed by atoms with van der Waals surface area (Å²) in [5.74, 6) is -2.13. The minimum atomic E-state index is -4.98. The molecule has 1 unspecified atom stereocenters. The molecule has 0 bridgehead atoms. The normalized spacial score (nSPS) is 14.5. The lowest BCUT2D eigenvalue weighted by molar-refractivity contribution is -0.208. The summed E-state index contributed by atoms with van der Waals surface area (Å²) in [6.07, 6.45) is -5.80. The fourth-order valence-corrected chi connectivity index (χ4v) is 5.45. The number of alkyl halides is 3. The van der Waals surface area contributed by atoms with E-state index in [2.05, 4.69) is 0 Å². The lowest BCUT2D eigenvalue weighted by Gasteiger charge is -2.36. The van der Waals surface area contributed by atoms with Crippen LogP contribution in [0.3, 0.4) is 0 Å². The lowest BCUT2D eigenvalue weighted by atomic mass is 9.90. The van der Waals surface area contributed by atoms with Gasteiger partial charge in [0, 0.05) is 5.02 Å². The number of esters is 1. The molecule has 0 N–H and O–H groups in total. The molecule has 0 radical (unpaired) electrons. The van der Waals surface area contributed by atoms with E-state index in [9.17, 15) is 18.0 Å². The van der Waals surface area contributed by atoms with E-state index in [1.54, 1.807) is 26.8 Å². The van der Waals surface area contributed by atoms with Gasteiger partial charge in [-0.25, -0.2) is 4.79 Å². The van der Waals surface area contributed by atoms with Crippen molar-refractivity contribution in [2.75, 3.05) is 0 Å². The molecule has 0 saturated heterocycles. The van der Waals surface area contributed by atoms with Gasteiger partial charge in [0.2, 0.25) is 0 Å². The highest BCUT2D eigenvalue weighted by Crippen LogP contribution is 2.32. The van der Waals surface area contributed by atoms with E-state index in [0.29, 0.717) is 11.1 Å². The zero-order chi connectivity index (χ0) is 18.1. The Bertz CT molecular complexity index is 565. The molecule has 0 aliphatic rings. The number of carbonyl (C=O) groups is 1. The number of carbonyl (C=O) groups excluding carboxylic acids is 1. The Hall–Kier alpha value is -1.01. The summed E-state index contributed by atoms with van der Waals surface area (Å²) in [4.78, 5) is 11.2. The minimum Gasteiger partial charge on any atom is -0.455 e. The second-order valence-corrected chi connectivity index (χ2v) is 12.5. The maximum atomic E-state index is 12.5. The molecule has 7 heteroatoms. The minimum absolute atomic E-state index is 0.388. The molecule has 0 fully saturated rings. The van der Waals surface area contributed by atoms with Gasteiger partial charge in [-0.05, 0) is 23.6 Å². The largest absolute Gasteiger partial charge is 0.490 e. The second-order valence-electron chi connectivity index (χ2n) is 7.36. The van der Waals surface area contributed by atoms with Crippen molar-refractivity contribution in [3.8, 4) is 0 Å². The summed E-state index contributed by atoms with van der Waals surface area (Å²) >= 11 is 6.01. The lowest BCUT2D eigenvalue weighted by Crippen LogP contribution is -2.48. The van der Waals surface area contributed by atoms with Crippen LogP contribution < -0.4 is 5.19 Å². The van der Waals surface area contributed by atoms with Crippen LogP contribution in [0.4, 0.5) is 13.2 Å². The molecule has 0 saturated carbocycles. The average Bonchev–Trinajstić information content (AvgIpc) is 2.35. The number of halogens is 4. The number of hydrogen-bond donors (Lipinski definition) is 0. The molecule has 0 amide bonds. The first kappa shape index (κ1) is 20.0. The van der Waals surface area contributed by atoms with Crippen molar-refractivity contribution in [1.29, 1.82) is 0 Å². The average molecular weight is 367 g/mol. The van der Waals surface area contributed by atoms with Crippen LogP contribution in [0.5, 0.6) is 0 Å². The molecule has 0 aliphatic heterocycles. The van der Waals surface area contributed by atoms with Gasteiger partial charge in [-0.2, -0.15) is 13.2 Å². The Morgan fingerprint density at radius 2 is 1.83 bits per heavy atom. The van der Waals surface area contributed by atoms with E-state index in [0.717, 1.165) is 5.19 Å². The number of benzene rings is 1. The third kappa shape index (κ3) is 5.84. The van der Waals surface area contributed by atoms with Crippen LogP contribution in [0, 0.1) is 5.41 Å². The smallest absolute Gasteiger partial charge is 0.455 e. The van der Waals surface area contributed by atoms with Gasteiger partial charge >= 0.3 is 12.1 Å². The predicted molar refractivity (Wildman–Crippen MR) is 88.8 cm³/mol. The molecule has 0 spiro atoms. The van der Waals surface area contributed by atoms with Gasteiger partial charge in [-0.3, -0.25) is 0 Å². The highest BCUT2D eigenvalue weighted by Gasteiger charge is 2.45. The molecule has 1 aromatic carbocycles. The van der Waals surface area contributed by atoms with Crippen molar-refractivity contribution in [2.45, 2.75) is 52.2 Å². The Morgan fingerprint density at radius 1 is 1.26 bits per heavy atom. The van der Waals surface area contributed by atoms with Crippen molar-refractivity contribution in [3.05, 3.63) is 29.3 Å². The quantitative estimate of drug-likeness (QED) is 0.566. The first-order chi connectivity index (χ1) is 10.2. The second kappa shape index (κ2) is 6.85. The molecule has 1 rings (SSSR count). The number of hydrogen-bond acceptors (Lipinski definition) is 2. The topological polar surface area (TPSA) is 26.3 Å². The molecular weight excluding hydrogens is 345 g/mol. The summed E-state index contributed by atoms with van der Waals surface area (Å²) in [6.45, 7) is 9.36. The maximum absolute atomic E-state index is 12.5. The van der Waals surface area contributed by atoms with Gasteiger partial charge in [0.1, 0.15) is 6.10 Å². The number of rotatable bonds is 4.